The van der Waals surface area contributed by atoms with E-state index in [1.54, 1.807) is 0 Å². The van der Waals surface area contributed by atoms with Crippen molar-refractivity contribution < 1.29 is 9.59 Å². The van der Waals surface area contributed by atoms with E-state index in [0.29, 0.717) is 30.3 Å². The molecular weight excluding hydrogens is 164 g/mol. The fourth-order valence-corrected chi connectivity index (χ4v) is 2.92. The van der Waals surface area contributed by atoms with Crippen LogP contribution in [0.1, 0.15) is 39.0 Å². The highest BCUT2D eigenvalue weighted by atomic mass is 16.1. The molecule has 0 bridgehead atoms. The van der Waals surface area contributed by atoms with Gasteiger partial charge in [0.1, 0.15) is 11.6 Å². The van der Waals surface area contributed by atoms with Crippen molar-refractivity contribution in [2.24, 2.45) is 17.8 Å². The molecule has 0 aromatic carbocycles. The highest BCUT2D eigenvalue weighted by Gasteiger charge is 2.42. The minimum Gasteiger partial charge on any atom is -0.299 e. The average molecular weight is 180 g/mol. The van der Waals surface area contributed by atoms with Gasteiger partial charge in [-0.25, -0.2) is 0 Å². The van der Waals surface area contributed by atoms with Crippen LogP contribution in [-0.4, -0.2) is 11.6 Å². The van der Waals surface area contributed by atoms with Crippen molar-refractivity contribution >= 4 is 11.6 Å². The van der Waals surface area contributed by atoms with E-state index in [0.717, 1.165) is 19.3 Å². The molecule has 0 unspecified atom stereocenters. The van der Waals surface area contributed by atoms with Crippen LogP contribution in [0.15, 0.2) is 0 Å². The molecule has 72 valence electrons. The van der Waals surface area contributed by atoms with Gasteiger partial charge in [0, 0.05) is 24.7 Å². The lowest BCUT2D eigenvalue weighted by molar-refractivity contribution is -0.141. The van der Waals surface area contributed by atoms with Crippen LogP contribution >= 0.6 is 0 Å². The Morgan fingerprint density at radius 1 is 1.08 bits per heavy atom. The van der Waals surface area contributed by atoms with E-state index in [1.165, 1.54) is 0 Å². The van der Waals surface area contributed by atoms with E-state index >= 15 is 0 Å². The van der Waals surface area contributed by atoms with Gasteiger partial charge in [-0.3, -0.25) is 9.59 Å². The van der Waals surface area contributed by atoms with Gasteiger partial charge in [0.2, 0.25) is 0 Å². The predicted octanol–water partition coefficient (Wildman–Crippen LogP) is 1.97. The Morgan fingerprint density at radius 3 is 2.46 bits per heavy atom. The summed E-state index contributed by atoms with van der Waals surface area (Å²) in [5, 5.41) is 0. The second-order valence-corrected chi connectivity index (χ2v) is 4.47. The second kappa shape index (κ2) is 3.24. The molecule has 0 radical (unpaired) electrons. The summed E-state index contributed by atoms with van der Waals surface area (Å²) in [4.78, 5) is 23.2. The van der Waals surface area contributed by atoms with E-state index in [4.69, 9.17) is 0 Å². The fraction of sp³-hybridized carbons (Fsp3) is 0.818. The third-order valence-electron chi connectivity index (χ3n) is 3.62. The lowest BCUT2D eigenvalue weighted by Crippen LogP contribution is -2.41. The summed E-state index contributed by atoms with van der Waals surface area (Å²) in [5.74, 6) is 1.29. The van der Waals surface area contributed by atoms with E-state index in [9.17, 15) is 9.59 Å². The van der Waals surface area contributed by atoms with E-state index in [1.807, 2.05) is 0 Å². The molecule has 0 heterocycles. The topological polar surface area (TPSA) is 34.1 Å². The molecule has 2 heteroatoms. The van der Waals surface area contributed by atoms with Gasteiger partial charge < -0.3 is 0 Å². The quantitative estimate of drug-likeness (QED) is 0.571. The van der Waals surface area contributed by atoms with Crippen molar-refractivity contribution in [3.05, 3.63) is 0 Å². The van der Waals surface area contributed by atoms with Crippen LogP contribution < -0.4 is 0 Å². The number of hydrogen-bond donors (Lipinski definition) is 0. The standard InChI is InChI=1S/C11H16O2/c1-7-3-2-4-8-9(12)5-6-10(13)11(7)8/h7-8,11H,2-6H2,1H3/t7-,8-,11+/m1/s1. The molecule has 0 aliphatic heterocycles. The lowest BCUT2D eigenvalue weighted by Gasteiger charge is -2.37. The first-order chi connectivity index (χ1) is 6.20. The van der Waals surface area contributed by atoms with E-state index in [-0.39, 0.29) is 11.8 Å². The van der Waals surface area contributed by atoms with Crippen molar-refractivity contribution in [3.8, 4) is 0 Å². The second-order valence-electron chi connectivity index (χ2n) is 4.47. The fourth-order valence-electron chi connectivity index (χ4n) is 2.92. The Hall–Kier alpha value is -0.660. The summed E-state index contributed by atoms with van der Waals surface area (Å²) >= 11 is 0. The van der Waals surface area contributed by atoms with Crippen LogP contribution in [0.3, 0.4) is 0 Å². The number of ketones is 2. The Balaban J connectivity index is 2.22. The van der Waals surface area contributed by atoms with Crippen molar-refractivity contribution in [2.45, 2.75) is 39.0 Å². The third-order valence-corrected chi connectivity index (χ3v) is 3.62. The molecule has 2 aliphatic rings. The van der Waals surface area contributed by atoms with E-state index in [2.05, 4.69) is 6.92 Å². The average Bonchev–Trinajstić information content (AvgIpc) is 2.12. The number of carbonyl (C=O) groups excluding carboxylic acids is 2. The molecule has 0 amide bonds. The zero-order valence-corrected chi connectivity index (χ0v) is 8.08. The molecule has 2 saturated carbocycles. The molecule has 0 aromatic rings. The molecule has 2 rings (SSSR count). The number of rotatable bonds is 0. The Morgan fingerprint density at radius 2 is 1.77 bits per heavy atom. The van der Waals surface area contributed by atoms with Gasteiger partial charge >= 0.3 is 0 Å². The maximum absolute atomic E-state index is 11.6. The van der Waals surface area contributed by atoms with Crippen LogP contribution in [0, 0.1) is 17.8 Å². The van der Waals surface area contributed by atoms with Gasteiger partial charge in [0.05, 0.1) is 0 Å². The Labute approximate surface area is 78.7 Å². The maximum atomic E-state index is 11.6. The molecular formula is C11H16O2. The molecule has 2 aliphatic carbocycles. The normalized spacial score (nSPS) is 40.2. The summed E-state index contributed by atoms with van der Waals surface area (Å²) in [6.07, 6.45) is 4.22. The number of fused-ring (bicyclic) bond motifs is 1. The smallest absolute Gasteiger partial charge is 0.137 e. The molecule has 0 spiro atoms. The Bertz CT molecular complexity index is 244. The number of hydrogen-bond acceptors (Lipinski definition) is 2. The minimum atomic E-state index is 0.0787. The van der Waals surface area contributed by atoms with Crippen LogP contribution in [0.4, 0.5) is 0 Å². The molecule has 13 heavy (non-hydrogen) atoms. The molecule has 0 N–H and O–H groups in total. The largest absolute Gasteiger partial charge is 0.299 e. The van der Waals surface area contributed by atoms with Crippen molar-refractivity contribution in [1.29, 1.82) is 0 Å². The lowest BCUT2D eigenvalue weighted by atomic mass is 9.65. The van der Waals surface area contributed by atoms with Gasteiger partial charge in [0.15, 0.2) is 0 Å². The highest BCUT2D eigenvalue weighted by molar-refractivity contribution is 5.96. The first-order valence-electron chi connectivity index (χ1n) is 5.25. The molecule has 2 nitrogen and oxygen atoms in total. The molecule has 0 aromatic heterocycles. The first kappa shape index (κ1) is 8.92. The number of carbonyl (C=O) groups is 2. The minimum absolute atomic E-state index is 0.0787. The molecule has 3 atom stereocenters. The van der Waals surface area contributed by atoms with Crippen molar-refractivity contribution in [1.82, 2.24) is 0 Å². The van der Waals surface area contributed by atoms with Crippen LogP contribution in [0.2, 0.25) is 0 Å². The summed E-state index contributed by atoms with van der Waals surface area (Å²) < 4.78 is 0. The van der Waals surface area contributed by atoms with Gasteiger partial charge in [-0.1, -0.05) is 13.3 Å². The highest BCUT2D eigenvalue weighted by Crippen LogP contribution is 2.39. The Kier molecular flexibility index (Phi) is 2.22. The van der Waals surface area contributed by atoms with Gasteiger partial charge in [0.25, 0.3) is 0 Å². The van der Waals surface area contributed by atoms with Gasteiger partial charge in [-0.05, 0) is 18.8 Å². The van der Waals surface area contributed by atoms with Crippen molar-refractivity contribution in [3.63, 3.8) is 0 Å². The van der Waals surface area contributed by atoms with Crippen LogP contribution in [-0.2, 0) is 9.59 Å². The van der Waals surface area contributed by atoms with Crippen molar-refractivity contribution in [2.75, 3.05) is 0 Å². The summed E-state index contributed by atoms with van der Waals surface area (Å²) in [6, 6.07) is 0. The first-order valence-corrected chi connectivity index (χ1v) is 5.25. The monoisotopic (exact) mass is 180 g/mol. The molecule has 2 fully saturated rings. The van der Waals surface area contributed by atoms with E-state index < -0.39 is 0 Å². The molecule has 0 saturated heterocycles. The third kappa shape index (κ3) is 1.43. The van der Waals surface area contributed by atoms with Gasteiger partial charge in [-0.2, -0.15) is 0 Å². The summed E-state index contributed by atoms with van der Waals surface area (Å²) in [5.41, 5.74) is 0. The van der Waals surface area contributed by atoms with Gasteiger partial charge in [-0.15, -0.1) is 0 Å². The van der Waals surface area contributed by atoms with Crippen LogP contribution in [0.5, 0.6) is 0 Å². The zero-order valence-electron chi connectivity index (χ0n) is 8.08. The maximum Gasteiger partial charge on any atom is 0.137 e. The predicted molar refractivity (Wildman–Crippen MR) is 49.2 cm³/mol. The summed E-state index contributed by atoms with van der Waals surface area (Å²) in [6.45, 7) is 2.12. The SMILES string of the molecule is C[C@@H]1CCC[C@@H]2C(=O)CCC(=O)[C@@H]12. The number of Topliss-reactive ketones (excluding diaryl/α,β-unsaturated/α-hetero) is 2. The van der Waals surface area contributed by atoms with Crippen LogP contribution in [0.25, 0.3) is 0 Å². The summed E-state index contributed by atoms with van der Waals surface area (Å²) in [7, 11) is 0. The zero-order chi connectivity index (χ0) is 9.42.